The van der Waals surface area contributed by atoms with E-state index in [0.29, 0.717) is 12.1 Å². The first kappa shape index (κ1) is 18.6. The Hall–Kier alpha value is -2.19. The Labute approximate surface area is 152 Å². The number of amides is 3. The van der Waals surface area contributed by atoms with E-state index in [-0.39, 0.29) is 23.8 Å². The lowest BCUT2D eigenvalue weighted by Crippen LogP contribution is -2.47. The maximum absolute atomic E-state index is 12.9. The molecule has 0 radical (unpaired) electrons. The highest BCUT2D eigenvalue weighted by atomic mass is 19.1. The number of hydrogen-bond donors (Lipinski definition) is 3. The van der Waals surface area contributed by atoms with Gasteiger partial charge < -0.3 is 25.8 Å². The summed E-state index contributed by atoms with van der Waals surface area (Å²) in [6, 6.07) is 5.44. The van der Waals surface area contributed by atoms with Gasteiger partial charge in [0.2, 0.25) is 5.91 Å². The maximum atomic E-state index is 12.9. The van der Waals surface area contributed by atoms with Crippen molar-refractivity contribution in [3.05, 3.63) is 30.1 Å². The molecule has 7 nitrogen and oxygen atoms in total. The van der Waals surface area contributed by atoms with E-state index in [9.17, 15) is 14.0 Å². The van der Waals surface area contributed by atoms with Crippen LogP contribution in [-0.2, 0) is 4.79 Å². The van der Waals surface area contributed by atoms with Crippen molar-refractivity contribution in [1.82, 2.24) is 20.4 Å². The fourth-order valence-electron chi connectivity index (χ4n) is 3.37. The molecule has 1 aromatic carbocycles. The summed E-state index contributed by atoms with van der Waals surface area (Å²) in [4.78, 5) is 28.4. The normalized spacial score (nSPS) is 20.8. The molecule has 26 heavy (non-hydrogen) atoms. The van der Waals surface area contributed by atoms with Gasteiger partial charge in [0.25, 0.3) is 0 Å². The molecule has 142 valence electrons. The average Bonchev–Trinajstić information content (AvgIpc) is 3.09. The highest BCUT2D eigenvalue weighted by Gasteiger charge is 2.25. The fraction of sp³-hybridized carbons (Fsp3) is 0.556. The van der Waals surface area contributed by atoms with Crippen LogP contribution in [0.4, 0.5) is 14.9 Å². The van der Waals surface area contributed by atoms with Crippen molar-refractivity contribution < 1.29 is 14.0 Å². The molecule has 1 unspecified atom stereocenters. The molecular formula is C18H26FN5O2. The zero-order chi connectivity index (χ0) is 18.4. The molecule has 0 aromatic heterocycles. The van der Waals surface area contributed by atoms with Crippen LogP contribution < -0.4 is 16.0 Å². The second-order valence-electron chi connectivity index (χ2n) is 6.77. The number of nitrogens with one attached hydrogen (secondary N) is 3. The maximum Gasteiger partial charge on any atom is 0.319 e. The van der Waals surface area contributed by atoms with E-state index in [0.717, 1.165) is 52.2 Å². The molecule has 0 bridgehead atoms. The Morgan fingerprint density at radius 1 is 1.15 bits per heavy atom. The molecule has 0 saturated carbocycles. The van der Waals surface area contributed by atoms with Crippen LogP contribution in [-0.4, -0.2) is 73.6 Å². The summed E-state index contributed by atoms with van der Waals surface area (Å²) in [6.45, 7) is 5.64. The molecular weight excluding hydrogens is 337 g/mol. The van der Waals surface area contributed by atoms with E-state index in [1.807, 2.05) is 4.90 Å². The van der Waals surface area contributed by atoms with Crippen LogP contribution in [0.1, 0.15) is 12.8 Å². The molecule has 2 heterocycles. The van der Waals surface area contributed by atoms with Crippen molar-refractivity contribution in [2.75, 3.05) is 51.1 Å². The van der Waals surface area contributed by atoms with Gasteiger partial charge in [-0.05, 0) is 30.7 Å². The van der Waals surface area contributed by atoms with Crippen molar-refractivity contribution in [2.24, 2.45) is 0 Å². The third-order valence-electron chi connectivity index (χ3n) is 4.82. The Balaban J connectivity index is 1.36. The molecule has 3 N–H and O–H groups in total. The molecule has 2 saturated heterocycles. The molecule has 2 aliphatic rings. The highest BCUT2D eigenvalue weighted by Crippen LogP contribution is 2.12. The fourth-order valence-corrected chi connectivity index (χ4v) is 3.37. The van der Waals surface area contributed by atoms with Crippen molar-refractivity contribution in [3.8, 4) is 0 Å². The van der Waals surface area contributed by atoms with Crippen LogP contribution >= 0.6 is 0 Å². The van der Waals surface area contributed by atoms with Gasteiger partial charge in [0, 0.05) is 64.0 Å². The van der Waals surface area contributed by atoms with E-state index < -0.39 is 0 Å². The average molecular weight is 363 g/mol. The number of urea groups is 1. The SMILES string of the molecule is O=C(Nc1ccc(F)cc1)NC1CCN(CCC(=O)N2CCNCC2)C1. The summed E-state index contributed by atoms with van der Waals surface area (Å²) in [5, 5.41) is 8.88. The molecule has 0 aliphatic carbocycles. The zero-order valence-electron chi connectivity index (χ0n) is 14.8. The molecule has 2 aliphatic heterocycles. The first-order valence-electron chi connectivity index (χ1n) is 9.14. The standard InChI is InChI=1S/C18H26FN5O2/c19-14-1-3-15(4-2-14)21-18(26)22-16-5-9-23(13-16)10-6-17(25)24-11-7-20-8-12-24/h1-4,16,20H,5-13H2,(H2,21,22,26). The van der Waals surface area contributed by atoms with Gasteiger partial charge in [0.15, 0.2) is 0 Å². The van der Waals surface area contributed by atoms with Gasteiger partial charge in [-0.2, -0.15) is 0 Å². The summed E-state index contributed by atoms with van der Waals surface area (Å²) in [7, 11) is 0. The minimum Gasteiger partial charge on any atom is -0.340 e. The third-order valence-corrected chi connectivity index (χ3v) is 4.82. The molecule has 3 rings (SSSR count). The molecule has 1 atom stereocenters. The van der Waals surface area contributed by atoms with Crippen molar-refractivity contribution in [3.63, 3.8) is 0 Å². The second kappa shape index (κ2) is 8.95. The number of carbonyl (C=O) groups is 2. The predicted octanol–water partition coefficient (Wildman–Crippen LogP) is 0.843. The summed E-state index contributed by atoms with van der Waals surface area (Å²) < 4.78 is 12.9. The molecule has 2 fully saturated rings. The minimum absolute atomic E-state index is 0.0599. The van der Waals surface area contributed by atoms with Crippen molar-refractivity contribution in [1.29, 1.82) is 0 Å². The second-order valence-corrected chi connectivity index (χ2v) is 6.77. The predicted molar refractivity (Wildman–Crippen MR) is 97.5 cm³/mol. The van der Waals surface area contributed by atoms with Crippen LogP contribution in [0.2, 0.25) is 0 Å². The number of carbonyl (C=O) groups excluding carboxylic acids is 2. The quantitative estimate of drug-likeness (QED) is 0.725. The number of likely N-dealkylation sites (tertiary alicyclic amines) is 1. The summed E-state index contributed by atoms with van der Waals surface area (Å²) in [5.74, 6) is -0.130. The van der Waals surface area contributed by atoms with Crippen LogP contribution in [0, 0.1) is 5.82 Å². The number of hydrogen-bond acceptors (Lipinski definition) is 4. The van der Waals surface area contributed by atoms with Gasteiger partial charge in [-0.25, -0.2) is 9.18 Å². The molecule has 0 spiro atoms. The lowest BCUT2D eigenvalue weighted by Gasteiger charge is -2.28. The van der Waals surface area contributed by atoms with Crippen LogP contribution in [0.5, 0.6) is 0 Å². The number of halogens is 1. The van der Waals surface area contributed by atoms with Gasteiger partial charge in [-0.1, -0.05) is 0 Å². The minimum atomic E-state index is -0.335. The van der Waals surface area contributed by atoms with E-state index in [1.54, 1.807) is 0 Å². The van der Waals surface area contributed by atoms with E-state index in [1.165, 1.54) is 24.3 Å². The zero-order valence-corrected chi connectivity index (χ0v) is 14.8. The van der Waals surface area contributed by atoms with Gasteiger partial charge in [0.1, 0.15) is 5.82 Å². The van der Waals surface area contributed by atoms with Crippen LogP contribution in [0.25, 0.3) is 0 Å². The van der Waals surface area contributed by atoms with Crippen LogP contribution in [0.15, 0.2) is 24.3 Å². The van der Waals surface area contributed by atoms with Gasteiger partial charge in [-0.3, -0.25) is 4.79 Å². The first-order chi connectivity index (χ1) is 12.6. The third kappa shape index (κ3) is 5.40. The lowest BCUT2D eigenvalue weighted by molar-refractivity contribution is -0.132. The van der Waals surface area contributed by atoms with Gasteiger partial charge in [-0.15, -0.1) is 0 Å². The Bertz CT molecular complexity index is 619. The van der Waals surface area contributed by atoms with Gasteiger partial charge in [0.05, 0.1) is 0 Å². The van der Waals surface area contributed by atoms with Crippen molar-refractivity contribution >= 4 is 17.6 Å². The number of piperazine rings is 1. The van der Waals surface area contributed by atoms with Crippen LogP contribution in [0.3, 0.4) is 0 Å². The number of nitrogens with zero attached hydrogens (tertiary/aromatic N) is 2. The Kier molecular flexibility index (Phi) is 6.40. The monoisotopic (exact) mass is 363 g/mol. The smallest absolute Gasteiger partial charge is 0.319 e. The number of benzene rings is 1. The molecule has 8 heteroatoms. The molecule has 3 amide bonds. The Morgan fingerprint density at radius 3 is 2.62 bits per heavy atom. The topological polar surface area (TPSA) is 76.7 Å². The van der Waals surface area contributed by atoms with E-state index in [4.69, 9.17) is 0 Å². The summed E-state index contributed by atoms with van der Waals surface area (Å²) in [5.41, 5.74) is 0.556. The summed E-state index contributed by atoms with van der Waals surface area (Å²) in [6.07, 6.45) is 1.38. The summed E-state index contributed by atoms with van der Waals surface area (Å²) >= 11 is 0. The number of anilines is 1. The highest BCUT2D eigenvalue weighted by molar-refractivity contribution is 5.89. The number of rotatable bonds is 5. The van der Waals surface area contributed by atoms with E-state index >= 15 is 0 Å². The van der Waals surface area contributed by atoms with E-state index in [2.05, 4.69) is 20.9 Å². The Morgan fingerprint density at radius 2 is 1.88 bits per heavy atom. The molecule has 1 aromatic rings. The largest absolute Gasteiger partial charge is 0.340 e. The first-order valence-corrected chi connectivity index (χ1v) is 9.14. The van der Waals surface area contributed by atoms with Crippen molar-refractivity contribution in [2.45, 2.75) is 18.9 Å². The van der Waals surface area contributed by atoms with Gasteiger partial charge >= 0.3 is 6.03 Å². The lowest BCUT2D eigenvalue weighted by atomic mass is 10.2.